The smallest absolute Gasteiger partial charge is 0.406 e. The first-order valence-electron chi connectivity index (χ1n) is 12.5. The number of benzene rings is 1. The Hall–Kier alpha value is -2.22. The fourth-order valence-electron chi connectivity index (χ4n) is 5.58. The number of nitrogens with zero attached hydrogens (tertiary/aromatic N) is 1. The summed E-state index contributed by atoms with van der Waals surface area (Å²) < 4.78 is 40.9. The molecule has 0 aliphatic heterocycles. The molecule has 2 fully saturated rings. The third kappa shape index (κ3) is 9.27. The van der Waals surface area contributed by atoms with Crippen LogP contribution in [-0.4, -0.2) is 6.36 Å². The number of ether oxygens (including phenoxy) is 1. The second-order valence-electron chi connectivity index (χ2n) is 9.77. The van der Waals surface area contributed by atoms with Crippen molar-refractivity contribution in [3.8, 4) is 11.8 Å². The van der Waals surface area contributed by atoms with Crippen molar-refractivity contribution in [2.75, 3.05) is 0 Å². The summed E-state index contributed by atoms with van der Waals surface area (Å²) in [7, 11) is 0. The van der Waals surface area contributed by atoms with Gasteiger partial charge in [-0.3, -0.25) is 0 Å². The molecule has 180 valence electrons. The molecule has 2 aliphatic carbocycles. The van der Waals surface area contributed by atoms with Gasteiger partial charge in [-0.25, -0.2) is 0 Å². The summed E-state index contributed by atoms with van der Waals surface area (Å²) in [6, 6.07) is 8.47. The maximum atomic E-state index is 12.3. The number of rotatable bonds is 9. The highest BCUT2D eigenvalue weighted by molar-refractivity contribution is 5.29. The van der Waals surface area contributed by atoms with Crippen molar-refractivity contribution < 1.29 is 17.9 Å². The molecule has 0 atom stereocenters. The molecule has 0 spiro atoms. The van der Waals surface area contributed by atoms with Gasteiger partial charge < -0.3 is 4.74 Å². The zero-order chi connectivity index (χ0) is 23.5. The number of hydrogen-bond donors (Lipinski definition) is 0. The highest BCUT2D eigenvalue weighted by atomic mass is 19.4. The first kappa shape index (κ1) is 25.4. The van der Waals surface area contributed by atoms with Crippen molar-refractivity contribution in [2.24, 2.45) is 17.8 Å². The summed E-state index contributed by atoms with van der Waals surface area (Å²) >= 11 is 0. The SMILES string of the molecule is N#CC=CC=CC1CCC(CCCCC2CCC(c3ccc(OC(F)(F)F)cc3)CC2)CC1. The first-order valence-corrected chi connectivity index (χ1v) is 12.5. The molecule has 0 heterocycles. The molecule has 1 aromatic rings. The van der Waals surface area contributed by atoms with E-state index in [9.17, 15) is 13.2 Å². The molecule has 0 saturated heterocycles. The van der Waals surface area contributed by atoms with Gasteiger partial charge in [0.2, 0.25) is 0 Å². The van der Waals surface area contributed by atoms with Crippen LogP contribution in [0.1, 0.15) is 88.5 Å². The van der Waals surface area contributed by atoms with Gasteiger partial charge >= 0.3 is 6.36 Å². The Morgan fingerprint density at radius 2 is 1.42 bits per heavy atom. The Morgan fingerprint density at radius 1 is 0.848 bits per heavy atom. The van der Waals surface area contributed by atoms with Crippen LogP contribution in [0, 0.1) is 29.1 Å². The molecule has 0 bridgehead atoms. The van der Waals surface area contributed by atoms with Gasteiger partial charge in [0, 0.05) is 6.08 Å². The molecule has 3 rings (SSSR count). The molecule has 5 heteroatoms. The Bertz CT molecular complexity index is 790. The standard InChI is InChI=1S/C28H36F3NO/c29-28(30,31)33-27-19-17-26(18-20-27)25-15-13-24(14-16-25)8-4-3-7-23-11-9-22(10-12-23)6-2-1-5-21-32/h1-2,5-6,17-20,22-25H,3-4,7-16H2. The maximum absolute atomic E-state index is 12.3. The number of allylic oxidation sites excluding steroid dienone is 4. The van der Waals surface area contributed by atoms with Crippen LogP contribution < -0.4 is 4.74 Å². The molecule has 33 heavy (non-hydrogen) atoms. The minimum Gasteiger partial charge on any atom is -0.406 e. The van der Waals surface area contributed by atoms with E-state index >= 15 is 0 Å². The van der Waals surface area contributed by atoms with Crippen molar-refractivity contribution in [2.45, 2.75) is 89.3 Å². The average molecular weight is 460 g/mol. The van der Waals surface area contributed by atoms with E-state index in [4.69, 9.17) is 5.26 Å². The van der Waals surface area contributed by atoms with Crippen molar-refractivity contribution in [3.05, 3.63) is 54.1 Å². The van der Waals surface area contributed by atoms with Gasteiger partial charge in [0.15, 0.2) is 0 Å². The quantitative estimate of drug-likeness (QED) is 0.210. The van der Waals surface area contributed by atoms with E-state index in [0.717, 1.165) is 30.2 Å². The van der Waals surface area contributed by atoms with Gasteiger partial charge in [0.25, 0.3) is 0 Å². The monoisotopic (exact) mass is 459 g/mol. The van der Waals surface area contributed by atoms with E-state index in [1.54, 1.807) is 12.1 Å². The number of hydrogen-bond acceptors (Lipinski definition) is 2. The lowest BCUT2D eigenvalue weighted by molar-refractivity contribution is -0.274. The molecule has 2 saturated carbocycles. The zero-order valence-corrected chi connectivity index (χ0v) is 19.4. The zero-order valence-electron chi connectivity index (χ0n) is 19.4. The van der Waals surface area contributed by atoms with E-state index < -0.39 is 6.36 Å². The van der Waals surface area contributed by atoms with Gasteiger partial charge in [-0.2, -0.15) is 5.26 Å². The van der Waals surface area contributed by atoms with E-state index in [0.29, 0.717) is 11.8 Å². The summed E-state index contributed by atoms with van der Waals surface area (Å²) in [6.45, 7) is 0. The predicted molar refractivity (Wildman–Crippen MR) is 126 cm³/mol. The minimum atomic E-state index is -4.63. The average Bonchev–Trinajstić information content (AvgIpc) is 2.80. The Kier molecular flexibility index (Phi) is 9.91. The van der Waals surface area contributed by atoms with E-state index in [-0.39, 0.29) is 5.75 Å². The summed E-state index contributed by atoms with van der Waals surface area (Å²) in [5.41, 5.74) is 1.13. The van der Waals surface area contributed by atoms with Gasteiger partial charge in [0.05, 0.1) is 6.07 Å². The molecule has 0 aromatic heterocycles. The second-order valence-corrected chi connectivity index (χ2v) is 9.77. The predicted octanol–water partition coefficient (Wildman–Crippen LogP) is 8.86. The maximum Gasteiger partial charge on any atom is 0.573 e. The number of halogens is 3. The van der Waals surface area contributed by atoms with E-state index in [1.807, 2.05) is 18.2 Å². The number of nitriles is 1. The Balaban J connectivity index is 1.27. The van der Waals surface area contributed by atoms with Crippen molar-refractivity contribution in [1.82, 2.24) is 0 Å². The molecule has 2 aliphatic rings. The van der Waals surface area contributed by atoms with Gasteiger partial charge in [-0.1, -0.05) is 56.0 Å². The van der Waals surface area contributed by atoms with Crippen LogP contribution >= 0.6 is 0 Å². The van der Waals surface area contributed by atoms with E-state index in [2.05, 4.69) is 10.8 Å². The van der Waals surface area contributed by atoms with Crippen LogP contribution in [0.25, 0.3) is 0 Å². The topological polar surface area (TPSA) is 33.0 Å². The van der Waals surface area contributed by atoms with Crippen LogP contribution in [0.3, 0.4) is 0 Å². The summed E-state index contributed by atoms with van der Waals surface area (Å²) in [5.74, 6) is 2.67. The van der Waals surface area contributed by atoms with Crippen LogP contribution in [-0.2, 0) is 0 Å². The van der Waals surface area contributed by atoms with Crippen LogP contribution in [0.2, 0.25) is 0 Å². The lowest BCUT2D eigenvalue weighted by Crippen LogP contribution is -2.17. The highest BCUT2D eigenvalue weighted by Gasteiger charge is 2.31. The largest absolute Gasteiger partial charge is 0.573 e. The van der Waals surface area contributed by atoms with Gasteiger partial charge in [-0.05, 0) is 92.7 Å². The molecule has 1 aromatic carbocycles. The van der Waals surface area contributed by atoms with Crippen molar-refractivity contribution in [1.29, 1.82) is 5.26 Å². The summed E-state index contributed by atoms with van der Waals surface area (Å²) in [5, 5.41) is 8.52. The minimum absolute atomic E-state index is 0.141. The lowest BCUT2D eigenvalue weighted by Gasteiger charge is -2.29. The highest BCUT2D eigenvalue weighted by Crippen LogP contribution is 2.39. The molecule has 2 nitrogen and oxygen atoms in total. The van der Waals surface area contributed by atoms with Gasteiger partial charge in [0.1, 0.15) is 5.75 Å². The van der Waals surface area contributed by atoms with Crippen molar-refractivity contribution in [3.63, 3.8) is 0 Å². The molecular weight excluding hydrogens is 423 g/mol. The van der Waals surface area contributed by atoms with Gasteiger partial charge in [-0.15, -0.1) is 13.2 Å². The third-order valence-corrected chi connectivity index (χ3v) is 7.46. The molecule has 0 unspecified atom stereocenters. The molecule has 0 N–H and O–H groups in total. The summed E-state index contributed by atoms with van der Waals surface area (Å²) in [6.07, 6.45) is 18.2. The number of alkyl halides is 3. The van der Waals surface area contributed by atoms with E-state index in [1.165, 1.54) is 82.4 Å². The van der Waals surface area contributed by atoms with Crippen molar-refractivity contribution >= 4 is 0 Å². The van der Waals surface area contributed by atoms with Crippen LogP contribution in [0.4, 0.5) is 13.2 Å². The van der Waals surface area contributed by atoms with Crippen LogP contribution in [0.5, 0.6) is 5.75 Å². The number of unbranched alkanes of at least 4 members (excludes halogenated alkanes) is 1. The normalized spacial score (nSPS) is 26.5. The molecule has 0 radical (unpaired) electrons. The third-order valence-electron chi connectivity index (χ3n) is 7.46. The fraction of sp³-hybridized carbons (Fsp3) is 0.607. The molecule has 0 amide bonds. The Labute approximate surface area is 196 Å². The fourth-order valence-corrected chi connectivity index (χ4v) is 5.58. The second kappa shape index (κ2) is 12.9. The summed E-state index contributed by atoms with van der Waals surface area (Å²) in [4.78, 5) is 0. The molecular formula is C28H36F3NO. The lowest BCUT2D eigenvalue weighted by atomic mass is 9.76. The Morgan fingerprint density at radius 3 is 1.97 bits per heavy atom. The van der Waals surface area contributed by atoms with Crippen LogP contribution in [0.15, 0.2) is 48.6 Å². The first-order chi connectivity index (χ1) is 15.9.